The van der Waals surface area contributed by atoms with Crippen LogP contribution in [0.2, 0.25) is 0 Å². The lowest BCUT2D eigenvalue weighted by molar-refractivity contribution is -0.738. The van der Waals surface area contributed by atoms with E-state index in [0.29, 0.717) is 17.3 Å². The van der Waals surface area contributed by atoms with Gasteiger partial charge in [0.25, 0.3) is 5.56 Å². The van der Waals surface area contributed by atoms with Crippen molar-refractivity contribution in [2.75, 3.05) is 0 Å². The van der Waals surface area contributed by atoms with Gasteiger partial charge >= 0.3 is 0 Å². The molecule has 0 bridgehead atoms. The third-order valence-electron chi connectivity index (χ3n) is 5.08. The van der Waals surface area contributed by atoms with Gasteiger partial charge in [0, 0.05) is 27.3 Å². The Kier molecular flexibility index (Phi) is 5.44. The molecule has 6 heteroatoms. The maximum absolute atomic E-state index is 12.9. The Morgan fingerprint density at radius 3 is 2.50 bits per heavy atom. The van der Waals surface area contributed by atoms with E-state index >= 15 is 0 Å². The molecule has 4 nitrogen and oxygen atoms in total. The van der Waals surface area contributed by atoms with Crippen molar-refractivity contribution in [3.05, 3.63) is 75.0 Å². The fourth-order valence-electron chi connectivity index (χ4n) is 3.59. The fourth-order valence-corrected chi connectivity index (χ4v) is 5.36. The van der Waals surface area contributed by atoms with Crippen molar-refractivity contribution in [1.29, 1.82) is 0 Å². The molecule has 0 unspecified atom stereocenters. The molecule has 1 aromatic carbocycles. The molecule has 4 aromatic rings. The van der Waals surface area contributed by atoms with E-state index in [1.165, 1.54) is 5.56 Å². The lowest BCUT2D eigenvalue weighted by atomic mass is 9.95. The van der Waals surface area contributed by atoms with Gasteiger partial charge < -0.3 is 10.3 Å². The summed E-state index contributed by atoms with van der Waals surface area (Å²) >= 11 is 3.19. The van der Waals surface area contributed by atoms with Crippen molar-refractivity contribution in [2.24, 2.45) is 5.92 Å². The van der Waals surface area contributed by atoms with E-state index in [4.69, 9.17) is 4.98 Å². The van der Waals surface area contributed by atoms with Gasteiger partial charge in [-0.1, -0.05) is 50.2 Å². The SMILES string of the molecule is CC(C)[C@H]([NH2+][C@@H](C)c1nc2scc(-c3cccs3)c2c(=O)[nH]1)c1ccccc1. The summed E-state index contributed by atoms with van der Waals surface area (Å²) < 4.78 is 0. The van der Waals surface area contributed by atoms with Gasteiger partial charge in [0.05, 0.1) is 5.39 Å². The number of nitrogens with two attached hydrogens (primary N) is 1. The van der Waals surface area contributed by atoms with Gasteiger partial charge in [-0.15, -0.1) is 22.7 Å². The molecule has 3 heterocycles. The zero-order chi connectivity index (χ0) is 19.7. The predicted molar refractivity (Wildman–Crippen MR) is 118 cm³/mol. The van der Waals surface area contributed by atoms with Crippen molar-refractivity contribution in [3.63, 3.8) is 0 Å². The van der Waals surface area contributed by atoms with Crippen LogP contribution >= 0.6 is 22.7 Å². The van der Waals surface area contributed by atoms with Crippen molar-refractivity contribution < 1.29 is 5.32 Å². The molecule has 0 saturated carbocycles. The number of benzene rings is 1. The molecule has 0 aliphatic heterocycles. The molecule has 3 aromatic heterocycles. The molecule has 0 fully saturated rings. The lowest BCUT2D eigenvalue weighted by Gasteiger charge is -2.23. The van der Waals surface area contributed by atoms with Crippen molar-refractivity contribution >= 4 is 32.9 Å². The number of aromatic nitrogens is 2. The van der Waals surface area contributed by atoms with Gasteiger partial charge in [-0.05, 0) is 18.4 Å². The minimum atomic E-state index is -0.0503. The summed E-state index contributed by atoms with van der Waals surface area (Å²) in [6, 6.07) is 14.9. The van der Waals surface area contributed by atoms with Crippen LogP contribution in [0.5, 0.6) is 0 Å². The number of nitrogens with one attached hydrogen (secondary N) is 1. The smallest absolute Gasteiger partial charge is 0.260 e. The maximum Gasteiger partial charge on any atom is 0.260 e. The van der Waals surface area contributed by atoms with Crippen LogP contribution in [0.25, 0.3) is 20.7 Å². The van der Waals surface area contributed by atoms with Crippen molar-refractivity contribution in [2.45, 2.75) is 32.9 Å². The highest BCUT2D eigenvalue weighted by molar-refractivity contribution is 7.18. The normalized spacial score (nSPS) is 13.9. The van der Waals surface area contributed by atoms with Crippen molar-refractivity contribution in [3.8, 4) is 10.4 Å². The quantitative estimate of drug-likeness (QED) is 0.482. The van der Waals surface area contributed by atoms with Crippen LogP contribution in [0.15, 0.2) is 58.0 Å². The van der Waals surface area contributed by atoms with E-state index in [-0.39, 0.29) is 11.6 Å². The monoisotopic (exact) mass is 410 g/mol. The molecule has 0 saturated heterocycles. The number of aromatic amines is 1. The van der Waals surface area contributed by atoms with Crippen LogP contribution in [-0.4, -0.2) is 9.97 Å². The first-order chi connectivity index (χ1) is 13.5. The van der Waals surface area contributed by atoms with Crippen LogP contribution in [0, 0.1) is 5.92 Å². The molecule has 28 heavy (non-hydrogen) atoms. The minimum Gasteiger partial charge on any atom is -0.331 e. The van der Waals surface area contributed by atoms with Gasteiger partial charge in [-0.2, -0.15) is 0 Å². The number of hydrogen-bond acceptors (Lipinski definition) is 4. The average molecular weight is 411 g/mol. The van der Waals surface area contributed by atoms with Gasteiger partial charge in [0.1, 0.15) is 16.9 Å². The first-order valence-corrected chi connectivity index (χ1v) is 11.3. The third kappa shape index (κ3) is 3.68. The van der Waals surface area contributed by atoms with E-state index < -0.39 is 0 Å². The molecule has 3 N–H and O–H groups in total. The van der Waals surface area contributed by atoms with Gasteiger partial charge in [-0.3, -0.25) is 4.79 Å². The molecular formula is C22H24N3OS2+. The average Bonchev–Trinajstić information content (AvgIpc) is 3.35. The summed E-state index contributed by atoms with van der Waals surface area (Å²) in [6.07, 6.45) is 0. The van der Waals surface area contributed by atoms with E-state index in [0.717, 1.165) is 21.1 Å². The fraction of sp³-hybridized carbons (Fsp3) is 0.273. The second-order valence-electron chi connectivity index (χ2n) is 7.42. The Balaban J connectivity index is 1.66. The summed E-state index contributed by atoms with van der Waals surface area (Å²) in [5.74, 6) is 1.20. The summed E-state index contributed by atoms with van der Waals surface area (Å²) in [7, 11) is 0. The number of thiophene rings is 2. The van der Waals surface area contributed by atoms with Crippen LogP contribution < -0.4 is 10.9 Å². The summed E-state index contributed by atoms with van der Waals surface area (Å²) in [4.78, 5) is 22.6. The number of H-pyrrole nitrogens is 1. The number of quaternary nitrogens is 1. The minimum absolute atomic E-state index is 0.0503. The Morgan fingerprint density at radius 1 is 1.04 bits per heavy atom. The lowest BCUT2D eigenvalue weighted by Crippen LogP contribution is -2.87. The zero-order valence-corrected chi connectivity index (χ0v) is 17.8. The number of fused-ring (bicyclic) bond motifs is 1. The molecule has 0 radical (unpaired) electrons. The number of hydrogen-bond donors (Lipinski definition) is 2. The highest BCUT2D eigenvalue weighted by Gasteiger charge is 2.25. The Hall–Kier alpha value is -2.28. The second-order valence-corrected chi connectivity index (χ2v) is 9.23. The van der Waals surface area contributed by atoms with Crippen molar-refractivity contribution in [1.82, 2.24) is 9.97 Å². The molecular weight excluding hydrogens is 386 g/mol. The second kappa shape index (κ2) is 7.99. The molecule has 0 aliphatic carbocycles. The first kappa shape index (κ1) is 19.1. The molecule has 4 rings (SSSR count). The topological polar surface area (TPSA) is 62.4 Å². The van der Waals surface area contributed by atoms with Gasteiger partial charge in [0.2, 0.25) is 0 Å². The highest BCUT2D eigenvalue weighted by Crippen LogP contribution is 2.33. The van der Waals surface area contributed by atoms with Gasteiger partial charge in [0.15, 0.2) is 5.82 Å². The van der Waals surface area contributed by atoms with Crippen LogP contribution in [-0.2, 0) is 0 Å². The molecule has 0 amide bonds. The third-order valence-corrected chi connectivity index (χ3v) is 6.85. The Bertz CT molecular complexity index is 1110. The summed E-state index contributed by atoms with van der Waals surface area (Å²) in [6.45, 7) is 6.57. The maximum atomic E-state index is 12.9. The standard InChI is InChI=1S/C22H23N3OS2/c1-13(2)19(15-8-5-4-6-9-15)23-14(3)20-24-21(26)18-16(12-28-22(18)25-20)17-10-7-11-27-17/h4-14,19,23H,1-3H3,(H,24,25,26)/p+1/t14-,19-/m0/s1. The van der Waals surface area contributed by atoms with Crippen LogP contribution in [0.3, 0.4) is 0 Å². The largest absolute Gasteiger partial charge is 0.331 e. The zero-order valence-electron chi connectivity index (χ0n) is 16.2. The molecule has 2 atom stereocenters. The summed E-state index contributed by atoms with van der Waals surface area (Å²) in [5.41, 5.74) is 2.23. The Morgan fingerprint density at radius 2 is 1.82 bits per heavy atom. The predicted octanol–water partition coefficient (Wildman–Crippen LogP) is 4.73. The van der Waals surface area contributed by atoms with E-state index in [9.17, 15) is 4.79 Å². The summed E-state index contributed by atoms with van der Waals surface area (Å²) in [5, 5.41) is 7.07. The highest BCUT2D eigenvalue weighted by atomic mass is 32.1. The van der Waals surface area contributed by atoms with Gasteiger partial charge in [-0.25, -0.2) is 4.98 Å². The first-order valence-electron chi connectivity index (χ1n) is 9.50. The molecule has 0 spiro atoms. The van der Waals surface area contributed by atoms with E-state index in [1.54, 1.807) is 22.7 Å². The number of nitrogens with zero attached hydrogens (tertiary/aromatic N) is 1. The Labute approximate surface area is 172 Å². The van der Waals surface area contributed by atoms with E-state index in [2.05, 4.69) is 55.3 Å². The molecule has 144 valence electrons. The molecule has 0 aliphatic rings. The van der Waals surface area contributed by atoms with Crippen LogP contribution in [0.4, 0.5) is 0 Å². The van der Waals surface area contributed by atoms with Crippen LogP contribution in [0.1, 0.15) is 44.2 Å². The number of rotatable bonds is 6. The van der Waals surface area contributed by atoms with E-state index in [1.807, 2.05) is 29.0 Å².